The topological polar surface area (TPSA) is 46.2 Å². The van der Waals surface area contributed by atoms with Crippen molar-refractivity contribution in [2.24, 2.45) is 5.92 Å². The lowest BCUT2D eigenvalue weighted by Gasteiger charge is -2.37. The van der Waals surface area contributed by atoms with Crippen molar-refractivity contribution in [2.45, 2.75) is 56.8 Å². The SMILES string of the molecule is O=S1(=O)CCC(NC2CCCCC2C(F)(F)F)CC1. The summed E-state index contributed by atoms with van der Waals surface area (Å²) in [5.41, 5.74) is 0. The highest BCUT2D eigenvalue weighted by molar-refractivity contribution is 7.91. The summed E-state index contributed by atoms with van der Waals surface area (Å²) in [7, 11) is -2.96. The molecule has 1 aliphatic carbocycles. The van der Waals surface area contributed by atoms with Crippen LogP contribution in [0.2, 0.25) is 0 Å². The average molecular weight is 299 g/mol. The summed E-state index contributed by atoms with van der Waals surface area (Å²) in [6.45, 7) is 0. The standard InChI is InChI=1S/C12H20F3NO2S/c13-12(14,15)10-3-1-2-4-11(10)16-9-5-7-19(17,18)8-6-9/h9-11,16H,1-8H2. The lowest BCUT2D eigenvalue weighted by Crippen LogP contribution is -2.51. The Morgan fingerprint density at radius 1 is 0.947 bits per heavy atom. The van der Waals surface area contributed by atoms with Crippen molar-refractivity contribution in [3.05, 3.63) is 0 Å². The molecule has 0 bridgehead atoms. The number of nitrogens with one attached hydrogen (secondary N) is 1. The maximum Gasteiger partial charge on any atom is 0.393 e. The molecule has 0 spiro atoms. The first-order valence-corrected chi connectivity index (χ1v) is 8.63. The zero-order chi connectivity index (χ0) is 14.1. The Morgan fingerprint density at radius 3 is 2.11 bits per heavy atom. The molecule has 19 heavy (non-hydrogen) atoms. The van der Waals surface area contributed by atoms with Crippen LogP contribution in [0.4, 0.5) is 13.2 Å². The maximum absolute atomic E-state index is 12.9. The molecule has 1 aliphatic heterocycles. The van der Waals surface area contributed by atoms with E-state index < -0.39 is 28.0 Å². The molecule has 7 heteroatoms. The van der Waals surface area contributed by atoms with Gasteiger partial charge in [0, 0.05) is 12.1 Å². The minimum absolute atomic E-state index is 0.0866. The van der Waals surface area contributed by atoms with Crippen LogP contribution in [0.15, 0.2) is 0 Å². The van der Waals surface area contributed by atoms with E-state index >= 15 is 0 Å². The monoisotopic (exact) mass is 299 g/mol. The molecule has 2 fully saturated rings. The van der Waals surface area contributed by atoms with E-state index in [-0.39, 0.29) is 24.0 Å². The van der Waals surface area contributed by atoms with Gasteiger partial charge in [-0.1, -0.05) is 12.8 Å². The molecule has 112 valence electrons. The molecule has 2 aliphatic rings. The largest absolute Gasteiger partial charge is 0.393 e. The summed E-state index contributed by atoms with van der Waals surface area (Å²) in [5.74, 6) is -1.10. The van der Waals surface area contributed by atoms with Gasteiger partial charge in [0.1, 0.15) is 9.84 Å². The van der Waals surface area contributed by atoms with Gasteiger partial charge < -0.3 is 5.32 Å². The quantitative estimate of drug-likeness (QED) is 0.851. The van der Waals surface area contributed by atoms with Gasteiger partial charge in [0.2, 0.25) is 0 Å². The fraction of sp³-hybridized carbons (Fsp3) is 1.00. The van der Waals surface area contributed by atoms with Crippen molar-refractivity contribution in [3.8, 4) is 0 Å². The van der Waals surface area contributed by atoms with E-state index in [0.717, 1.165) is 6.42 Å². The average Bonchev–Trinajstić information content (AvgIpc) is 2.31. The molecule has 0 aromatic rings. The van der Waals surface area contributed by atoms with E-state index in [1.807, 2.05) is 0 Å². The molecule has 3 nitrogen and oxygen atoms in total. The third-order valence-electron chi connectivity index (χ3n) is 4.19. The second-order valence-corrected chi connectivity index (χ2v) is 7.94. The zero-order valence-electron chi connectivity index (χ0n) is 10.7. The van der Waals surface area contributed by atoms with Gasteiger partial charge in [-0.2, -0.15) is 13.2 Å². The van der Waals surface area contributed by atoms with Crippen LogP contribution in [0.5, 0.6) is 0 Å². The summed E-state index contributed by atoms with van der Waals surface area (Å²) < 4.78 is 61.4. The number of rotatable bonds is 2. The van der Waals surface area contributed by atoms with Gasteiger partial charge in [-0.3, -0.25) is 0 Å². The van der Waals surface area contributed by atoms with Crippen LogP contribution >= 0.6 is 0 Å². The molecule has 0 radical (unpaired) electrons. The highest BCUT2D eigenvalue weighted by atomic mass is 32.2. The van der Waals surface area contributed by atoms with E-state index in [1.165, 1.54) is 0 Å². The fourth-order valence-corrected chi connectivity index (χ4v) is 4.57. The molecule has 0 aromatic carbocycles. The molecule has 2 rings (SSSR count). The second-order valence-electron chi connectivity index (χ2n) is 5.63. The third-order valence-corrected chi connectivity index (χ3v) is 5.91. The summed E-state index contributed by atoms with van der Waals surface area (Å²) in [6.07, 6.45) is -1.12. The van der Waals surface area contributed by atoms with Gasteiger partial charge >= 0.3 is 6.18 Å². The van der Waals surface area contributed by atoms with Crippen molar-refractivity contribution in [2.75, 3.05) is 11.5 Å². The lowest BCUT2D eigenvalue weighted by atomic mass is 9.83. The Morgan fingerprint density at radius 2 is 1.53 bits per heavy atom. The van der Waals surface area contributed by atoms with Gasteiger partial charge in [0.25, 0.3) is 0 Å². The molecule has 2 atom stereocenters. The highest BCUT2D eigenvalue weighted by Gasteiger charge is 2.46. The minimum atomic E-state index is -4.15. The summed E-state index contributed by atoms with van der Waals surface area (Å²) in [6, 6.07) is -0.629. The summed E-state index contributed by atoms with van der Waals surface area (Å²) >= 11 is 0. The second kappa shape index (κ2) is 5.60. The Kier molecular flexibility index (Phi) is 4.45. The van der Waals surface area contributed by atoms with Gasteiger partial charge in [0.15, 0.2) is 0 Å². The van der Waals surface area contributed by atoms with Crippen LogP contribution in [0.1, 0.15) is 38.5 Å². The van der Waals surface area contributed by atoms with Crippen LogP contribution in [0.25, 0.3) is 0 Å². The van der Waals surface area contributed by atoms with Crippen LogP contribution in [-0.2, 0) is 9.84 Å². The molecular formula is C12H20F3NO2S. The molecule has 1 saturated heterocycles. The van der Waals surface area contributed by atoms with Gasteiger partial charge in [-0.05, 0) is 25.7 Å². The molecule has 2 unspecified atom stereocenters. The Hall–Kier alpha value is -0.300. The van der Waals surface area contributed by atoms with Crippen LogP contribution in [-0.4, -0.2) is 38.2 Å². The van der Waals surface area contributed by atoms with Gasteiger partial charge in [0.05, 0.1) is 17.4 Å². The van der Waals surface area contributed by atoms with Crippen LogP contribution in [0.3, 0.4) is 0 Å². The number of hydrogen-bond acceptors (Lipinski definition) is 3. The fourth-order valence-electron chi connectivity index (χ4n) is 3.08. The van der Waals surface area contributed by atoms with E-state index in [0.29, 0.717) is 25.7 Å². The van der Waals surface area contributed by atoms with Crippen LogP contribution in [0, 0.1) is 5.92 Å². The Bertz CT molecular complexity index is 394. The molecule has 0 aromatic heterocycles. The van der Waals surface area contributed by atoms with Gasteiger partial charge in [-0.25, -0.2) is 8.42 Å². The van der Waals surface area contributed by atoms with Crippen LogP contribution < -0.4 is 5.32 Å². The van der Waals surface area contributed by atoms with E-state index in [2.05, 4.69) is 5.32 Å². The zero-order valence-corrected chi connectivity index (χ0v) is 11.6. The maximum atomic E-state index is 12.9. The smallest absolute Gasteiger partial charge is 0.311 e. The van der Waals surface area contributed by atoms with Gasteiger partial charge in [-0.15, -0.1) is 0 Å². The minimum Gasteiger partial charge on any atom is -0.311 e. The molecule has 1 N–H and O–H groups in total. The number of halogens is 3. The van der Waals surface area contributed by atoms with Crippen molar-refractivity contribution in [1.29, 1.82) is 0 Å². The predicted octanol–water partition coefficient (Wildman–Crippen LogP) is 2.27. The first-order valence-electron chi connectivity index (χ1n) is 6.81. The molecule has 1 heterocycles. The predicted molar refractivity (Wildman–Crippen MR) is 66.6 cm³/mol. The highest BCUT2D eigenvalue weighted by Crippen LogP contribution is 2.38. The Balaban J connectivity index is 1.93. The number of sulfone groups is 1. The summed E-state index contributed by atoms with van der Waals surface area (Å²) in [5, 5.41) is 3.07. The van der Waals surface area contributed by atoms with Crippen molar-refractivity contribution < 1.29 is 21.6 Å². The molecular weight excluding hydrogens is 279 g/mol. The third kappa shape index (κ3) is 4.08. The molecule has 1 saturated carbocycles. The van der Waals surface area contributed by atoms with Crippen molar-refractivity contribution in [3.63, 3.8) is 0 Å². The number of alkyl halides is 3. The normalized spacial score (nSPS) is 33.2. The number of hydrogen-bond donors (Lipinski definition) is 1. The lowest BCUT2D eigenvalue weighted by molar-refractivity contribution is -0.189. The summed E-state index contributed by atoms with van der Waals surface area (Å²) in [4.78, 5) is 0. The van der Waals surface area contributed by atoms with E-state index in [4.69, 9.17) is 0 Å². The first kappa shape index (κ1) is 15.1. The van der Waals surface area contributed by atoms with Crippen molar-refractivity contribution in [1.82, 2.24) is 5.32 Å². The van der Waals surface area contributed by atoms with E-state index in [9.17, 15) is 21.6 Å². The molecule has 0 amide bonds. The Labute approximate surface area is 111 Å². The van der Waals surface area contributed by atoms with E-state index in [1.54, 1.807) is 0 Å². The first-order chi connectivity index (χ1) is 8.78. The van der Waals surface area contributed by atoms with Crippen molar-refractivity contribution >= 4 is 9.84 Å².